The second-order valence-corrected chi connectivity index (χ2v) is 7.47. The van der Waals surface area contributed by atoms with Crippen molar-refractivity contribution in [2.45, 2.75) is 32.6 Å². The number of nitrogens with one attached hydrogen (secondary N) is 1. The maximum Gasteiger partial charge on any atom is 0.263 e. The number of fused-ring (bicyclic) bond motifs is 1. The summed E-state index contributed by atoms with van der Waals surface area (Å²) in [5.41, 5.74) is 6.32. The summed E-state index contributed by atoms with van der Waals surface area (Å²) in [6.07, 6.45) is 5.58. The number of aromatic nitrogens is 5. The number of aromatic amines is 1. The van der Waals surface area contributed by atoms with Gasteiger partial charge in [-0.2, -0.15) is 10.1 Å². The molecule has 4 aromatic rings. The van der Waals surface area contributed by atoms with Crippen molar-refractivity contribution in [3.63, 3.8) is 0 Å². The van der Waals surface area contributed by atoms with Crippen LogP contribution >= 0.6 is 0 Å². The van der Waals surface area contributed by atoms with Crippen LogP contribution in [-0.4, -0.2) is 38.4 Å². The molecule has 0 saturated carbocycles. The van der Waals surface area contributed by atoms with Crippen molar-refractivity contribution in [2.24, 2.45) is 0 Å². The zero-order valence-corrected chi connectivity index (χ0v) is 16.0. The van der Waals surface area contributed by atoms with Gasteiger partial charge in [0.25, 0.3) is 5.71 Å². The van der Waals surface area contributed by atoms with E-state index in [2.05, 4.69) is 61.4 Å². The molecule has 0 amide bonds. The number of aryl methyl sites for hydroxylation is 2. The zero-order chi connectivity index (χ0) is 19.1. The number of piperidine rings is 1. The number of benzene rings is 1. The fraction of sp³-hybridized carbons (Fsp3) is 0.333. The minimum atomic E-state index is 0.454. The summed E-state index contributed by atoms with van der Waals surface area (Å²) in [6.45, 7) is 5.91. The highest BCUT2D eigenvalue weighted by Gasteiger charge is 2.27. The summed E-state index contributed by atoms with van der Waals surface area (Å²) >= 11 is 0. The predicted molar refractivity (Wildman–Crippen MR) is 107 cm³/mol. The summed E-state index contributed by atoms with van der Waals surface area (Å²) in [6, 6.07) is 8.60. The van der Waals surface area contributed by atoms with Crippen molar-refractivity contribution >= 4 is 16.9 Å². The van der Waals surface area contributed by atoms with Gasteiger partial charge in [0, 0.05) is 30.3 Å². The number of hydrogen-bond donors (Lipinski definition) is 1. The van der Waals surface area contributed by atoms with Gasteiger partial charge in [0.05, 0.1) is 11.9 Å². The van der Waals surface area contributed by atoms with Crippen molar-refractivity contribution in [3.8, 4) is 11.1 Å². The average Bonchev–Trinajstić information content (AvgIpc) is 3.35. The van der Waals surface area contributed by atoms with E-state index in [0.717, 1.165) is 42.8 Å². The molecule has 7 nitrogen and oxygen atoms in total. The van der Waals surface area contributed by atoms with Crippen LogP contribution in [0.5, 0.6) is 0 Å². The van der Waals surface area contributed by atoms with Crippen LogP contribution in [0.4, 0.5) is 5.82 Å². The summed E-state index contributed by atoms with van der Waals surface area (Å²) in [7, 11) is 0. The Kier molecular flexibility index (Phi) is 4.07. The average molecular weight is 374 g/mol. The molecular formula is C21H22N6O. The fourth-order valence-electron chi connectivity index (χ4n) is 4.17. The van der Waals surface area contributed by atoms with Gasteiger partial charge in [0.15, 0.2) is 0 Å². The van der Waals surface area contributed by atoms with Crippen LogP contribution < -0.4 is 4.90 Å². The quantitative estimate of drug-likeness (QED) is 0.583. The molecule has 1 saturated heterocycles. The van der Waals surface area contributed by atoms with Crippen LogP contribution in [0, 0.1) is 13.8 Å². The lowest BCUT2D eigenvalue weighted by atomic mass is 9.89. The van der Waals surface area contributed by atoms with E-state index in [1.165, 1.54) is 22.4 Å². The lowest BCUT2D eigenvalue weighted by Crippen LogP contribution is -2.34. The fourth-order valence-corrected chi connectivity index (χ4v) is 4.17. The Bertz CT molecular complexity index is 1120. The van der Waals surface area contributed by atoms with Gasteiger partial charge in [-0.25, -0.2) is 4.98 Å². The Morgan fingerprint density at radius 3 is 2.82 bits per heavy atom. The first-order valence-corrected chi connectivity index (χ1v) is 9.63. The molecule has 1 aliphatic rings. The van der Waals surface area contributed by atoms with Crippen molar-refractivity contribution < 1.29 is 4.52 Å². The third kappa shape index (κ3) is 2.83. The Morgan fingerprint density at radius 2 is 2.00 bits per heavy atom. The Hall–Kier alpha value is -3.22. The van der Waals surface area contributed by atoms with Gasteiger partial charge in [0.2, 0.25) is 0 Å². The molecule has 5 rings (SSSR count). The summed E-state index contributed by atoms with van der Waals surface area (Å²) in [5, 5.41) is 12.6. The van der Waals surface area contributed by atoms with E-state index < -0.39 is 0 Å². The van der Waals surface area contributed by atoms with Gasteiger partial charge in [-0.05, 0) is 32.3 Å². The standard InChI is InChI=1S/C21H22N6O/c1-13-4-3-5-16(10-13)17-11-24-25-19(17)15-6-8-27(9-7-15)20-18-14(2)26-28-21(18)23-12-22-20/h3-5,10-12,15H,6-9H2,1-2H3,(H,24,25). The number of nitrogens with zero attached hydrogens (tertiary/aromatic N) is 5. The van der Waals surface area contributed by atoms with E-state index in [4.69, 9.17) is 4.52 Å². The summed E-state index contributed by atoms with van der Waals surface area (Å²) < 4.78 is 5.29. The summed E-state index contributed by atoms with van der Waals surface area (Å²) in [4.78, 5) is 11.0. The number of anilines is 1. The smallest absolute Gasteiger partial charge is 0.263 e. The molecule has 0 spiro atoms. The maximum atomic E-state index is 5.29. The molecule has 1 aromatic carbocycles. The summed E-state index contributed by atoms with van der Waals surface area (Å²) in [5.74, 6) is 1.38. The number of rotatable bonds is 3. The SMILES string of the molecule is Cc1cccc(-c2cn[nH]c2C2CCN(c3ncnc4onc(C)c34)CC2)c1. The van der Waals surface area contributed by atoms with E-state index >= 15 is 0 Å². The monoisotopic (exact) mass is 374 g/mol. The van der Waals surface area contributed by atoms with E-state index in [0.29, 0.717) is 11.6 Å². The highest BCUT2D eigenvalue weighted by atomic mass is 16.5. The molecule has 0 unspecified atom stereocenters. The third-order valence-electron chi connectivity index (χ3n) is 5.62. The van der Waals surface area contributed by atoms with Gasteiger partial charge in [-0.15, -0.1) is 0 Å². The van der Waals surface area contributed by atoms with Crippen LogP contribution in [0.25, 0.3) is 22.2 Å². The van der Waals surface area contributed by atoms with Crippen LogP contribution in [0.15, 0.2) is 41.3 Å². The molecule has 142 valence electrons. The lowest BCUT2D eigenvalue weighted by Gasteiger charge is -2.33. The molecule has 0 aliphatic carbocycles. The van der Waals surface area contributed by atoms with E-state index in [1.807, 2.05) is 13.1 Å². The highest BCUT2D eigenvalue weighted by Crippen LogP contribution is 2.36. The second-order valence-electron chi connectivity index (χ2n) is 7.47. The minimum Gasteiger partial charge on any atom is -0.356 e. The molecule has 1 aliphatic heterocycles. The van der Waals surface area contributed by atoms with E-state index in [-0.39, 0.29) is 0 Å². The third-order valence-corrected chi connectivity index (χ3v) is 5.62. The molecule has 0 bridgehead atoms. The van der Waals surface area contributed by atoms with Crippen LogP contribution in [0.3, 0.4) is 0 Å². The highest BCUT2D eigenvalue weighted by molar-refractivity contribution is 5.87. The zero-order valence-electron chi connectivity index (χ0n) is 16.0. The second kappa shape index (κ2) is 6.74. The first-order valence-electron chi connectivity index (χ1n) is 9.63. The molecule has 1 fully saturated rings. The normalized spacial score (nSPS) is 15.4. The molecule has 7 heteroatoms. The Labute approximate surface area is 162 Å². The van der Waals surface area contributed by atoms with Gasteiger partial charge >= 0.3 is 0 Å². The van der Waals surface area contributed by atoms with Crippen LogP contribution in [0.1, 0.15) is 35.7 Å². The topological polar surface area (TPSA) is 83.7 Å². The molecule has 4 heterocycles. The molecule has 3 aromatic heterocycles. The molecule has 0 atom stereocenters. The Morgan fingerprint density at radius 1 is 1.14 bits per heavy atom. The first-order chi connectivity index (χ1) is 13.7. The van der Waals surface area contributed by atoms with Crippen molar-refractivity contribution in [1.29, 1.82) is 0 Å². The van der Waals surface area contributed by atoms with Crippen molar-refractivity contribution in [2.75, 3.05) is 18.0 Å². The Balaban J connectivity index is 1.39. The number of H-pyrrole nitrogens is 1. The van der Waals surface area contributed by atoms with Gasteiger partial charge in [0.1, 0.15) is 17.5 Å². The predicted octanol–water partition coefficient (Wildman–Crippen LogP) is 4.01. The van der Waals surface area contributed by atoms with E-state index in [9.17, 15) is 0 Å². The van der Waals surface area contributed by atoms with Gasteiger partial charge in [-0.3, -0.25) is 5.10 Å². The molecule has 1 N–H and O–H groups in total. The van der Waals surface area contributed by atoms with Crippen molar-refractivity contribution in [1.82, 2.24) is 25.3 Å². The first kappa shape index (κ1) is 16.9. The van der Waals surface area contributed by atoms with Gasteiger partial charge < -0.3 is 9.42 Å². The number of hydrogen-bond acceptors (Lipinski definition) is 6. The molecule has 0 radical (unpaired) electrons. The lowest BCUT2D eigenvalue weighted by molar-refractivity contribution is 0.442. The molecular weight excluding hydrogens is 352 g/mol. The minimum absolute atomic E-state index is 0.454. The molecule has 28 heavy (non-hydrogen) atoms. The van der Waals surface area contributed by atoms with Crippen LogP contribution in [0.2, 0.25) is 0 Å². The van der Waals surface area contributed by atoms with Crippen molar-refractivity contribution in [3.05, 3.63) is 53.7 Å². The maximum absolute atomic E-state index is 5.29. The van der Waals surface area contributed by atoms with Crippen LogP contribution in [-0.2, 0) is 0 Å². The largest absolute Gasteiger partial charge is 0.356 e. The van der Waals surface area contributed by atoms with Gasteiger partial charge in [-0.1, -0.05) is 35.0 Å². The van der Waals surface area contributed by atoms with E-state index in [1.54, 1.807) is 6.33 Å².